The number of rotatable bonds is 12. The molecule has 0 bridgehead atoms. The summed E-state index contributed by atoms with van der Waals surface area (Å²) in [6, 6.07) is 26.0. The van der Waals surface area contributed by atoms with Crippen molar-refractivity contribution in [2.75, 3.05) is 5.32 Å². The average molecular weight is 713 g/mol. The van der Waals surface area contributed by atoms with Crippen LogP contribution in [0.1, 0.15) is 100 Å². The number of fused-ring (bicyclic) bond motifs is 1. The maximum atomic E-state index is 13.2. The lowest BCUT2D eigenvalue weighted by Crippen LogP contribution is -2.54. The van der Waals surface area contributed by atoms with Crippen LogP contribution in [0, 0.1) is 5.92 Å². The van der Waals surface area contributed by atoms with E-state index in [1.54, 1.807) is 24.3 Å². The molecule has 3 aromatic carbocycles. The van der Waals surface area contributed by atoms with Crippen LogP contribution in [0.3, 0.4) is 0 Å². The lowest BCUT2D eigenvalue weighted by Gasteiger charge is -2.36. The number of imide groups is 2. The molecule has 0 spiro atoms. The molecule has 270 valence electrons. The average Bonchev–Trinajstić information content (AvgIpc) is 3.97. The number of piperidine rings is 1. The van der Waals surface area contributed by atoms with Crippen LogP contribution in [-0.2, 0) is 21.6 Å². The third kappa shape index (κ3) is 6.91. The van der Waals surface area contributed by atoms with Crippen molar-refractivity contribution in [1.82, 2.24) is 15.2 Å². The maximum absolute atomic E-state index is 13.2. The van der Waals surface area contributed by atoms with Gasteiger partial charge < -0.3 is 14.8 Å². The predicted molar refractivity (Wildman–Crippen MR) is 195 cm³/mol. The molecular weight excluding hydrogens is 672 g/mol. The molecule has 1 atom stereocenters. The Morgan fingerprint density at radius 3 is 2.21 bits per heavy atom. The second kappa shape index (κ2) is 13.6. The van der Waals surface area contributed by atoms with E-state index in [1.807, 2.05) is 36.4 Å². The van der Waals surface area contributed by atoms with Crippen LogP contribution >= 0.6 is 0 Å². The summed E-state index contributed by atoms with van der Waals surface area (Å²) >= 11 is 0. The van der Waals surface area contributed by atoms with Gasteiger partial charge in [0, 0.05) is 42.3 Å². The number of ketones is 1. The summed E-state index contributed by atoms with van der Waals surface area (Å²) in [6.45, 7) is 4.65. The van der Waals surface area contributed by atoms with Crippen LogP contribution in [0.25, 0.3) is 0 Å². The fourth-order valence-electron chi connectivity index (χ4n) is 7.26. The van der Waals surface area contributed by atoms with Crippen molar-refractivity contribution in [3.8, 4) is 11.5 Å². The number of nitrogens with zero attached hydrogens (tertiary/aromatic N) is 2. The summed E-state index contributed by atoms with van der Waals surface area (Å²) in [5, 5.41) is 5.66. The minimum Gasteiger partial charge on any atom is -0.490 e. The highest BCUT2D eigenvalue weighted by Gasteiger charge is 2.45. The maximum Gasteiger partial charge on any atom is 0.262 e. The standard InChI is InChI=1S/C42H40N4O7/c1-42(2,25-8-13-30(14-9-25)52-23-28-4-3-5-35(44-28)38(48)24-6-7-24)26-10-15-31(16-11-26)53-32-20-29(21-32)43-27-12-17-33-34(22-27)41(51)46(40(33)50)36-18-19-37(47)45-39(36)49/h3-5,8-17,22,24,29,32,36,43H,6-7,18-21,23H2,1-2H3,(H,45,47,49)/t29-,32-,36?. The number of benzene rings is 3. The first-order chi connectivity index (χ1) is 25.5. The molecule has 11 heteroatoms. The third-order valence-electron chi connectivity index (χ3n) is 10.8. The van der Waals surface area contributed by atoms with Crippen LogP contribution in [0.2, 0.25) is 0 Å². The molecule has 1 saturated heterocycles. The number of hydrogen-bond acceptors (Lipinski definition) is 9. The van der Waals surface area contributed by atoms with Gasteiger partial charge in [-0.15, -0.1) is 0 Å². The van der Waals surface area contributed by atoms with Crippen molar-refractivity contribution in [3.63, 3.8) is 0 Å². The summed E-state index contributed by atoms with van der Waals surface area (Å²) in [5.41, 5.74) is 4.50. The Morgan fingerprint density at radius 1 is 0.849 bits per heavy atom. The summed E-state index contributed by atoms with van der Waals surface area (Å²) in [5.74, 6) is -0.278. The van der Waals surface area contributed by atoms with Gasteiger partial charge in [0.1, 0.15) is 35.9 Å². The Balaban J connectivity index is 0.819. The van der Waals surface area contributed by atoms with Gasteiger partial charge in [-0.1, -0.05) is 44.2 Å². The van der Waals surface area contributed by atoms with E-state index in [0.29, 0.717) is 11.4 Å². The van der Waals surface area contributed by atoms with E-state index < -0.39 is 29.7 Å². The smallest absolute Gasteiger partial charge is 0.262 e. The Bertz CT molecular complexity index is 2120. The topological polar surface area (TPSA) is 144 Å². The quantitative estimate of drug-likeness (QED) is 0.134. The Morgan fingerprint density at radius 2 is 1.53 bits per heavy atom. The highest BCUT2D eigenvalue weighted by atomic mass is 16.5. The highest BCUT2D eigenvalue weighted by molar-refractivity contribution is 6.23. The second-order valence-electron chi connectivity index (χ2n) is 14.9. The molecule has 0 radical (unpaired) electrons. The van der Waals surface area contributed by atoms with Crippen molar-refractivity contribution >= 4 is 35.1 Å². The summed E-state index contributed by atoms with van der Waals surface area (Å²) in [7, 11) is 0. The molecule has 8 rings (SSSR count). The zero-order chi connectivity index (χ0) is 36.9. The fraction of sp³-hybridized carbons (Fsp3) is 0.333. The molecule has 2 N–H and O–H groups in total. The molecular formula is C42H40N4O7. The van der Waals surface area contributed by atoms with Crippen LogP contribution in [-0.4, -0.2) is 57.5 Å². The molecule has 1 unspecified atom stereocenters. The van der Waals surface area contributed by atoms with Gasteiger partial charge in [0.05, 0.1) is 16.8 Å². The summed E-state index contributed by atoms with van der Waals surface area (Å²) < 4.78 is 12.3. The molecule has 2 saturated carbocycles. The van der Waals surface area contributed by atoms with E-state index >= 15 is 0 Å². The minimum atomic E-state index is -0.988. The first-order valence-corrected chi connectivity index (χ1v) is 18.2. The number of ether oxygens (including phenoxy) is 2. The van der Waals surface area contributed by atoms with Crippen LogP contribution in [0.4, 0.5) is 5.69 Å². The van der Waals surface area contributed by atoms with Crippen LogP contribution in [0.5, 0.6) is 11.5 Å². The zero-order valence-corrected chi connectivity index (χ0v) is 29.6. The monoisotopic (exact) mass is 712 g/mol. The molecule has 11 nitrogen and oxygen atoms in total. The van der Waals surface area contributed by atoms with Crippen molar-refractivity contribution in [3.05, 3.63) is 119 Å². The number of anilines is 1. The number of nitrogens with one attached hydrogen (secondary N) is 2. The third-order valence-corrected chi connectivity index (χ3v) is 10.8. The number of amides is 4. The van der Waals surface area contributed by atoms with Gasteiger partial charge in [-0.05, 0) is 85.0 Å². The first-order valence-electron chi connectivity index (χ1n) is 18.2. The van der Waals surface area contributed by atoms with Gasteiger partial charge in [-0.3, -0.25) is 34.2 Å². The Hall–Kier alpha value is -5.84. The summed E-state index contributed by atoms with van der Waals surface area (Å²) in [6.07, 6.45) is 3.69. The van der Waals surface area contributed by atoms with Crippen molar-refractivity contribution < 1.29 is 33.4 Å². The van der Waals surface area contributed by atoms with Gasteiger partial charge in [0.25, 0.3) is 11.8 Å². The normalized spacial score (nSPS) is 21.1. The van der Waals surface area contributed by atoms with Crippen molar-refractivity contribution in [2.45, 2.75) is 82.6 Å². The number of carbonyl (C=O) groups excluding carboxylic acids is 5. The lowest BCUT2D eigenvalue weighted by molar-refractivity contribution is -0.136. The number of Topliss-reactive ketones (excluding diaryl/α,β-unsaturated/α-hetero) is 1. The molecule has 3 heterocycles. The molecule has 2 aliphatic heterocycles. The predicted octanol–water partition coefficient (Wildman–Crippen LogP) is 6.00. The number of aromatic nitrogens is 1. The van der Waals surface area contributed by atoms with E-state index in [-0.39, 0.29) is 59.8 Å². The number of hydrogen-bond donors (Lipinski definition) is 2. The number of carbonyl (C=O) groups is 5. The van der Waals surface area contributed by atoms with Gasteiger partial charge in [0.2, 0.25) is 11.8 Å². The Labute approximate surface area is 307 Å². The van der Waals surface area contributed by atoms with E-state index in [9.17, 15) is 24.0 Å². The Kier molecular flexibility index (Phi) is 8.80. The van der Waals surface area contributed by atoms with Gasteiger partial charge in [-0.2, -0.15) is 0 Å². The van der Waals surface area contributed by atoms with Crippen LogP contribution < -0.4 is 20.1 Å². The van der Waals surface area contributed by atoms with Gasteiger partial charge in [-0.25, -0.2) is 4.98 Å². The second-order valence-corrected chi connectivity index (χ2v) is 14.9. The number of pyridine rings is 1. The minimum absolute atomic E-state index is 0.0379. The molecule has 3 fully saturated rings. The van der Waals surface area contributed by atoms with Gasteiger partial charge >= 0.3 is 0 Å². The molecule has 1 aromatic heterocycles. The van der Waals surface area contributed by atoms with E-state index in [4.69, 9.17) is 9.47 Å². The fourth-order valence-corrected chi connectivity index (χ4v) is 7.26. The summed E-state index contributed by atoms with van der Waals surface area (Å²) in [4.78, 5) is 68.0. The molecule has 4 amide bonds. The molecule has 4 aromatic rings. The van der Waals surface area contributed by atoms with E-state index in [2.05, 4.69) is 53.7 Å². The SMILES string of the molecule is CC(C)(c1ccc(OCc2cccc(C(=O)C3CC3)n2)cc1)c1ccc(O[C@H]2C[C@H](Nc3ccc4c(c3)C(=O)N(C3CCC(=O)NC3=O)C4=O)C2)cc1. The van der Waals surface area contributed by atoms with Gasteiger partial charge in [0.15, 0.2) is 5.78 Å². The van der Waals surface area contributed by atoms with E-state index in [0.717, 1.165) is 58.9 Å². The first kappa shape index (κ1) is 34.3. The van der Waals surface area contributed by atoms with Crippen molar-refractivity contribution in [1.29, 1.82) is 0 Å². The molecule has 4 aliphatic rings. The zero-order valence-electron chi connectivity index (χ0n) is 29.6. The largest absolute Gasteiger partial charge is 0.490 e. The van der Waals surface area contributed by atoms with E-state index in [1.165, 1.54) is 0 Å². The lowest BCUT2D eigenvalue weighted by atomic mass is 9.78. The van der Waals surface area contributed by atoms with Crippen molar-refractivity contribution in [2.24, 2.45) is 5.92 Å². The molecule has 53 heavy (non-hydrogen) atoms. The van der Waals surface area contributed by atoms with Crippen LogP contribution in [0.15, 0.2) is 84.9 Å². The molecule has 2 aliphatic carbocycles. The highest BCUT2D eigenvalue weighted by Crippen LogP contribution is 2.36.